The standard InChI is InChI=1S/C17H24N2O4/c1-12(20)19-14(13-7-5-4-6-8-13)11-15(21)18-10-9-17(2,3)16(22)23/h4-8,14H,9-11H2,1-3H3,(H,18,21)(H,19,20)(H,22,23). The van der Waals surface area contributed by atoms with Crippen molar-refractivity contribution in [2.45, 2.75) is 39.7 Å². The molecule has 0 aromatic heterocycles. The maximum Gasteiger partial charge on any atom is 0.309 e. The highest BCUT2D eigenvalue weighted by Gasteiger charge is 2.26. The zero-order valence-electron chi connectivity index (χ0n) is 13.8. The molecule has 1 atom stereocenters. The van der Waals surface area contributed by atoms with Crippen LogP contribution in [0.3, 0.4) is 0 Å². The molecule has 0 spiro atoms. The number of nitrogens with one attached hydrogen (secondary N) is 2. The Morgan fingerprint density at radius 3 is 2.30 bits per heavy atom. The van der Waals surface area contributed by atoms with Gasteiger partial charge in [-0.25, -0.2) is 0 Å². The van der Waals surface area contributed by atoms with E-state index in [-0.39, 0.29) is 24.8 Å². The summed E-state index contributed by atoms with van der Waals surface area (Å²) in [7, 11) is 0. The molecule has 0 aliphatic heterocycles. The first-order chi connectivity index (χ1) is 10.7. The molecule has 23 heavy (non-hydrogen) atoms. The van der Waals surface area contributed by atoms with Gasteiger partial charge in [-0.05, 0) is 25.8 Å². The summed E-state index contributed by atoms with van der Waals surface area (Å²) in [5.74, 6) is -1.33. The lowest BCUT2D eigenvalue weighted by molar-refractivity contribution is -0.147. The van der Waals surface area contributed by atoms with E-state index in [1.165, 1.54) is 6.92 Å². The van der Waals surface area contributed by atoms with Crippen molar-refractivity contribution in [2.75, 3.05) is 6.54 Å². The molecule has 3 N–H and O–H groups in total. The number of carbonyl (C=O) groups is 3. The quantitative estimate of drug-likeness (QED) is 0.681. The third-order valence-corrected chi connectivity index (χ3v) is 3.62. The number of aliphatic carboxylic acids is 1. The summed E-state index contributed by atoms with van der Waals surface area (Å²) in [6, 6.07) is 8.85. The minimum absolute atomic E-state index is 0.108. The topological polar surface area (TPSA) is 95.5 Å². The second-order valence-corrected chi connectivity index (χ2v) is 6.16. The largest absolute Gasteiger partial charge is 0.481 e. The van der Waals surface area contributed by atoms with Crippen LogP contribution >= 0.6 is 0 Å². The molecule has 6 heteroatoms. The molecule has 2 amide bonds. The van der Waals surface area contributed by atoms with E-state index in [1.54, 1.807) is 13.8 Å². The van der Waals surface area contributed by atoms with Crippen LogP contribution in [0.15, 0.2) is 30.3 Å². The van der Waals surface area contributed by atoms with Gasteiger partial charge in [-0.3, -0.25) is 14.4 Å². The molecule has 1 aromatic rings. The van der Waals surface area contributed by atoms with Crippen molar-refractivity contribution in [3.8, 4) is 0 Å². The van der Waals surface area contributed by atoms with Crippen molar-refractivity contribution in [3.05, 3.63) is 35.9 Å². The molecular weight excluding hydrogens is 296 g/mol. The highest BCUT2D eigenvalue weighted by atomic mass is 16.4. The summed E-state index contributed by atoms with van der Waals surface area (Å²) in [5.41, 5.74) is -0.0345. The lowest BCUT2D eigenvalue weighted by atomic mass is 9.89. The summed E-state index contributed by atoms with van der Waals surface area (Å²) in [6.07, 6.45) is 0.446. The van der Waals surface area contributed by atoms with E-state index in [0.29, 0.717) is 6.42 Å². The molecule has 1 aromatic carbocycles. The minimum atomic E-state index is -0.896. The van der Waals surface area contributed by atoms with Crippen molar-refractivity contribution in [1.29, 1.82) is 0 Å². The second kappa shape index (κ2) is 8.31. The number of hydrogen-bond donors (Lipinski definition) is 3. The first-order valence-electron chi connectivity index (χ1n) is 7.54. The smallest absolute Gasteiger partial charge is 0.309 e. The fourth-order valence-electron chi connectivity index (χ4n) is 2.06. The van der Waals surface area contributed by atoms with Gasteiger partial charge in [0.15, 0.2) is 0 Å². The zero-order valence-corrected chi connectivity index (χ0v) is 13.8. The maximum atomic E-state index is 12.1. The van der Waals surface area contributed by atoms with Gasteiger partial charge in [0.05, 0.1) is 17.9 Å². The molecule has 0 fully saturated rings. The Hall–Kier alpha value is -2.37. The highest BCUT2D eigenvalue weighted by Crippen LogP contribution is 2.20. The van der Waals surface area contributed by atoms with E-state index in [4.69, 9.17) is 5.11 Å². The van der Waals surface area contributed by atoms with E-state index in [1.807, 2.05) is 30.3 Å². The van der Waals surface area contributed by atoms with Crippen LogP contribution < -0.4 is 10.6 Å². The van der Waals surface area contributed by atoms with E-state index >= 15 is 0 Å². The fraction of sp³-hybridized carbons (Fsp3) is 0.471. The lowest BCUT2D eigenvalue weighted by Gasteiger charge is -2.20. The van der Waals surface area contributed by atoms with E-state index in [9.17, 15) is 14.4 Å². The number of carbonyl (C=O) groups excluding carboxylic acids is 2. The average Bonchev–Trinajstić information content (AvgIpc) is 2.46. The van der Waals surface area contributed by atoms with Gasteiger partial charge in [0.1, 0.15) is 0 Å². The first kappa shape index (κ1) is 18.7. The van der Waals surface area contributed by atoms with Gasteiger partial charge in [0.2, 0.25) is 11.8 Å². The number of amides is 2. The van der Waals surface area contributed by atoms with E-state index in [2.05, 4.69) is 10.6 Å². The van der Waals surface area contributed by atoms with E-state index < -0.39 is 17.4 Å². The van der Waals surface area contributed by atoms with Gasteiger partial charge >= 0.3 is 5.97 Å². The van der Waals surface area contributed by atoms with Crippen molar-refractivity contribution >= 4 is 17.8 Å². The van der Waals surface area contributed by atoms with Crippen LogP contribution in [0.1, 0.15) is 45.2 Å². The molecule has 0 aliphatic carbocycles. The summed E-state index contributed by atoms with van der Waals surface area (Å²) in [6.45, 7) is 4.92. The minimum Gasteiger partial charge on any atom is -0.481 e. The highest BCUT2D eigenvalue weighted by molar-refractivity contribution is 5.79. The van der Waals surface area contributed by atoms with E-state index in [0.717, 1.165) is 5.56 Å². The van der Waals surface area contributed by atoms with Gasteiger partial charge in [-0.1, -0.05) is 30.3 Å². The molecule has 0 bridgehead atoms. The van der Waals surface area contributed by atoms with Crippen molar-refractivity contribution in [3.63, 3.8) is 0 Å². The van der Waals surface area contributed by atoms with Crippen molar-refractivity contribution < 1.29 is 19.5 Å². The predicted octanol–water partition coefficient (Wildman–Crippen LogP) is 1.87. The Balaban J connectivity index is 2.58. The fourth-order valence-corrected chi connectivity index (χ4v) is 2.06. The van der Waals surface area contributed by atoms with Gasteiger partial charge in [-0.15, -0.1) is 0 Å². The second-order valence-electron chi connectivity index (χ2n) is 6.16. The number of hydrogen-bond acceptors (Lipinski definition) is 3. The SMILES string of the molecule is CC(=O)NC(CC(=O)NCCC(C)(C)C(=O)O)c1ccccc1. The lowest BCUT2D eigenvalue weighted by Crippen LogP contribution is -2.35. The van der Waals surface area contributed by atoms with Crippen LogP contribution in [0, 0.1) is 5.41 Å². The van der Waals surface area contributed by atoms with Gasteiger partial charge in [0.25, 0.3) is 0 Å². The Morgan fingerprint density at radius 2 is 1.78 bits per heavy atom. The normalized spacial score (nSPS) is 12.3. The van der Waals surface area contributed by atoms with Gasteiger partial charge in [0, 0.05) is 13.5 Å². The molecule has 0 heterocycles. The van der Waals surface area contributed by atoms with Crippen molar-refractivity contribution in [2.24, 2.45) is 5.41 Å². The molecule has 0 saturated heterocycles. The summed E-state index contributed by atoms with van der Waals surface area (Å²) >= 11 is 0. The Bertz CT molecular complexity index is 555. The van der Waals surface area contributed by atoms with Crippen LogP contribution in [-0.2, 0) is 14.4 Å². The summed E-state index contributed by atoms with van der Waals surface area (Å²) < 4.78 is 0. The maximum absolute atomic E-state index is 12.1. The molecule has 1 rings (SSSR count). The van der Waals surface area contributed by atoms with Crippen LogP contribution in [0.4, 0.5) is 0 Å². The Labute approximate surface area is 136 Å². The molecule has 0 radical (unpaired) electrons. The molecule has 6 nitrogen and oxygen atoms in total. The number of carboxylic acids is 1. The molecule has 0 aliphatic rings. The Morgan fingerprint density at radius 1 is 1.17 bits per heavy atom. The van der Waals surface area contributed by atoms with Gasteiger partial charge < -0.3 is 15.7 Å². The Kier molecular flexibility index (Phi) is 6.75. The van der Waals surface area contributed by atoms with Gasteiger partial charge in [-0.2, -0.15) is 0 Å². The van der Waals surface area contributed by atoms with Crippen molar-refractivity contribution in [1.82, 2.24) is 10.6 Å². The molecule has 0 saturated carbocycles. The van der Waals surface area contributed by atoms with Crippen LogP contribution in [0.2, 0.25) is 0 Å². The van der Waals surface area contributed by atoms with Crippen LogP contribution in [0.5, 0.6) is 0 Å². The van der Waals surface area contributed by atoms with Crippen LogP contribution in [0.25, 0.3) is 0 Å². The summed E-state index contributed by atoms with van der Waals surface area (Å²) in [4.78, 5) is 34.4. The molecule has 126 valence electrons. The first-order valence-corrected chi connectivity index (χ1v) is 7.54. The number of carboxylic acid groups (broad SMARTS) is 1. The molecular formula is C17H24N2O4. The summed E-state index contributed by atoms with van der Waals surface area (Å²) in [5, 5.41) is 14.5. The average molecular weight is 320 g/mol. The monoisotopic (exact) mass is 320 g/mol. The molecule has 1 unspecified atom stereocenters. The zero-order chi connectivity index (χ0) is 17.5. The third kappa shape index (κ3) is 6.50. The third-order valence-electron chi connectivity index (χ3n) is 3.62. The van der Waals surface area contributed by atoms with Crippen LogP contribution in [-0.4, -0.2) is 29.4 Å². The number of rotatable bonds is 8. The number of benzene rings is 1. The predicted molar refractivity (Wildman–Crippen MR) is 86.7 cm³/mol.